The summed E-state index contributed by atoms with van der Waals surface area (Å²) in [6, 6.07) is 8.42. The molecule has 0 saturated heterocycles. The molecule has 0 spiro atoms. The first kappa shape index (κ1) is 22.1. The number of carbonyl (C=O) groups excluding carboxylic acids is 2. The minimum absolute atomic E-state index is 0.0370. The van der Waals surface area contributed by atoms with Crippen LogP contribution in [0.25, 0.3) is 11.0 Å². The predicted molar refractivity (Wildman–Crippen MR) is 118 cm³/mol. The maximum atomic E-state index is 12.2. The van der Waals surface area contributed by atoms with Gasteiger partial charge < -0.3 is 14.8 Å². The standard InChI is InChI=1S/C22H27N5O4/c1-13(2)23-22(29)26(5)16-7-9-17(10-8-16)31-18(28)12-30-21-19-14(3)11-15(4)24-20(19)27(6)25-21/h7-11,13H,12H2,1-6H3,(H,23,29). The third kappa shape index (κ3) is 5.11. The molecular formula is C22H27N5O4. The number of benzene rings is 1. The summed E-state index contributed by atoms with van der Waals surface area (Å²) >= 11 is 0. The Labute approximate surface area is 181 Å². The first-order chi connectivity index (χ1) is 14.7. The van der Waals surface area contributed by atoms with Crippen LogP contribution in [0.1, 0.15) is 25.1 Å². The number of rotatable bonds is 6. The lowest BCUT2D eigenvalue weighted by molar-refractivity contribution is -0.136. The summed E-state index contributed by atoms with van der Waals surface area (Å²) in [6.45, 7) is 7.35. The molecule has 0 aliphatic rings. The van der Waals surface area contributed by atoms with E-state index in [9.17, 15) is 9.59 Å². The van der Waals surface area contributed by atoms with Gasteiger partial charge in [-0.25, -0.2) is 19.3 Å². The number of anilines is 1. The molecular weight excluding hydrogens is 398 g/mol. The number of hydrogen-bond acceptors (Lipinski definition) is 6. The van der Waals surface area contributed by atoms with Crippen molar-refractivity contribution < 1.29 is 19.1 Å². The van der Waals surface area contributed by atoms with E-state index >= 15 is 0 Å². The highest BCUT2D eigenvalue weighted by Gasteiger charge is 2.17. The molecule has 0 aliphatic carbocycles. The average molecular weight is 425 g/mol. The number of esters is 1. The van der Waals surface area contributed by atoms with Crippen molar-refractivity contribution in [1.29, 1.82) is 0 Å². The number of aromatic nitrogens is 3. The number of aryl methyl sites for hydroxylation is 3. The number of ether oxygens (including phenoxy) is 2. The Morgan fingerprint density at radius 3 is 2.52 bits per heavy atom. The van der Waals surface area contributed by atoms with Gasteiger partial charge >= 0.3 is 12.0 Å². The summed E-state index contributed by atoms with van der Waals surface area (Å²) in [6.07, 6.45) is 0. The van der Waals surface area contributed by atoms with E-state index in [4.69, 9.17) is 9.47 Å². The highest BCUT2D eigenvalue weighted by molar-refractivity contribution is 5.91. The maximum Gasteiger partial charge on any atom is 0.349 e. The van der Waals surface area contributed by atoms with Gasteiger partial charge in [-0.2, -0.15) is 0 Å². The zero-order valence-electron chi connectivity index (χ0n) is 18.6. The summed E-state index contributed by atoms with van der Waals surface area (Å²) in [5, 5.41) is 7.91. The van der Waals surface area contributed by atoms with Crippen LogP contribution in [0.2, 0.25) is 0 Å². The zero-order chi connectivity index (χ0) is 22.7. The van der Waals surface area contributed by atoms with Crippen molar-refractivity contribution in [3.63, 3.8) is 0 Å². The van der Waals surface area contributed by atoms with Crippen molar-refractivity contribution in [2.45, 2.75) is 33.7 Å². The highest BCUT2D eigenvalue weighted by Crippen LogP contribution is 2.27. The van der Waals surface area contributed by atoms with Crippen LogP contribution in [0.5, 0.6) is 11.6 Å². The molecule has 2 heterocycles. The zero-order valence-corrected chi connectivity index (χ0v) is 18.6. The fourth-order valence-electron chi connectivity index (χ4n) is 3.14. The van der Waals surface area contributed by atoms with Crippen LogP contribution in [0, 0.1) is 13.8 Å². The van der Waals surface area contributed by atoms with Crippen LogP contribution in [0.15, 0.2) is 30.3 Å². The van der Waals surface area contributed by atoms with E-state index in [2.05, 4.69) is 15.4 Å². The van der Waals surface area contributed by atoms with Crippen LogP contribution in [0.4, 0.5) is 10.5 Å². The van der Waals surface area contributed by atoms with Gasteiger partial charge in [0.2, 0.25) is 5.88 Å². The summed E-state index contributed by atoms with van der Waals surface area (Å²) in [7, 11) is 3.45. The predicted octanol–water partition coefficient (Wildman–Crippen LogP) is 3.12. The third-order valence-corrected chi connectivity index (χ3v) is 4.59. The summed E-state index contributed by atoms with van der Waals surface area (Å²) in [4.78, 5) is 30.3. The first-order valence-corrected chi connectivity index (χ1v) is 9.94. The highest BCUT2D eigenvalue weighted by atomic mass is 16.6. The van der Waals surface area contributed by atoms with Gasteiger partial charge in [0.05, 0.1) is 5.39 Å². The molecule has 0 aliphatic heterocycles. The lowest BCUT2D eigenvalue weighted by Gasteiger charge is -2.20. The molecule has 0 bridgehead atoms. The molecule has 1 aromatic carbocycles. The molecule has 3 rings (SSSR count). The number of fused-ring (bicyclic) bond motifs is 1. The number of amides is 2. The molecule has 1 N–H and O–H groups in total. The number of carbonyl (C=O) groups is 2. The molecule has 2 amide bonds. The molecule has 31 heavy (non-hydrogen) atoms. The molecule has 9 nitrogen and oxygen atoms in total. The van der Waals surface area contributed by atoms with E-state index in [0.717, 1.165) is 16.6 Å². The number of nitrogens with one attached hydrogen (secondary N) is 1. The smallest absolute Gasteiger partial charge is 0.349 e. The molecule has 3 aromatic rings. The molecule has 0 radical (unpaired) electrons. The topological polar surface area (TPSA) is 98.6 Å². The normalized spacial score (nSPS) is 10.9. The van der Waals surface area contributed by atoms with Crippen molar-refractivity contribution in [1.82, 2.24) is 20.1 Å². The Hall–Kier alpha value is -3.62. The molecule has 0 fully saturated rings. The fourth-order valence-corrected chi connectivity index (χ4v) is 3.14. The second-order valence-electron chi connectivity index (χ2n) is 7.63. The van der Waals surface area contributed by atoms with Crippen LogP contribution in [-0.4, -0.2) is 46.5 Å². The Bertz CT molecular complexity index is 1110. The largest absolute Gasteiger partial charge is 0.464 e. The van der Waals surface area contributed by atoms with Gasteiger partial charge in [-0.15, -0.1) is 5.10 Å². The van der Waals surface area contributed by atoms with E-state index in [0.29, 0.717) is 23.0 Å². The number of nitrogens with zero attached hydrogens (tertiary/aromatic N) is 4. The van der Waals surface area contributed by atoms with E-state index in [1.807, 2.05) is 33.8 Å². The number of pyridine rings is 1. The van der Waals surface area contributed by atoms with Gasteiger partial charge in [0.15, 0.2) is 12.3 Å². The van der Waals surface area contributed by atoms with Gasteiger partial charge in [0.1, 0.15) is 5.75 Å². The SMILES string of the molecule is Cc1cc(C)c2c(OCC(=O)Oc3ccc(N(C)C(=O)NC(C)C)cc3)nn(C)c2n1. The van der Waals surface area contributed by atoms with Crippen LogP contribution in [-0.2, 0) is 11.8 Å². The maximum absolute atomic E-state index is 12.2. The quantitative estimate of drug-likeness (QED) is 0.481. The Balaban J connectivity index is 1.62. The summed E-state index contributed by atoms with van der Waals surface area (Å²) < 4.78 is 12.6. The van der Waals surface area contributed by atoms with Gasteiger partial charge in [0, 0.05) is 31.5 Å². The Kier molecular flexibility index (Phi) is 6.43. The van der Waals surface area contributed by atoms with E-state index in [1.54, 1.807) is 43.0 Å². The fraction of sp³-hybridized carbons (Fsp3) is 0.364. The van der Waals surface area contributed by atoms with Gasteiger partial charge in [-0.1, -0.05) is 0 Å². The average Bonchev–Trinajstić information content (AvgIpc) is 3.01. The van der Waals surface area contributed by atoms with Crippen molar-refractivity contribution >= 4 is 28.7 Å². The summed E-state index contributed by atoms with van der Waals surface area (Å²) in [5.41, 5.74) is 3.23. The van der Waals surface area contributed by atoms with Gasteiger partial charge in [0.25, 0.3) is 0 Å². The molecule has 9 heteroatoms. The molecule has 2 aromatic heterocycles. The second-order valence-corrected chi connectivity index (χ2v) is 7.63. The molecule has 164 valence electrons. The minimum Gasteiger partial charge on any atom is -0.464 e. The lowest BCUT2D eigenvalue weighted by atomic mass is 10.2. The Morgan fingerprint density at radius 2 is 1.87 bits per heavy atom. The van der Waals surface area contributed by atoms with Crippen molar-refractivity contribution in [3.05, 3.63) is 41.6 Å². The monoisotopic (exact) mass is 425 g/mol. The van der Waals surface area contributed by atoms with Crippen LogP contribution < -0.4 is 19.7 Å². The van der Waals surface area contributed by atoms with Crippen molar-refractivity contribution in [3.8, 4) is 11.6 Å². The summed E-state index contributed by atoms with van der Waals surface area (Å²) in [5.74, 6) is 0.136. The van der Waals surface area contributed by atoms with Crippen LogP contribution >= 0.6 is 0 Å². The van der Waals surface area contributed by atoms with E-state index < -0.39 is 5.97 Å². The number of urea groups is 1. The van der Waals surface area contributed by atoms with Gasteiger partial charge in [-0.05, 0) is 63.6 Å². The first-order valence-electron chi connectivity index (χ1n) is 9.94. The Morgan fingerprint density at radius 1 is 1.19 bits per heavy atom. The van der Waals surface area contributed by atoms with Crippen LogP contribution in [0.3, 0.4) is 0 Å². The second kappa shape index (κ2) is 9.03. The third-order valence-electron chi connectivity index (χ3n) is 4.59. The van der Waals surface area contributed by atoms with E-state index in [-0.39, 0.29) is 18.7 Å². The molecule has 0 unspecified atom stereocenters. The van der Waals surface area contributed by atoms with Gasteiger partial charge in [-0.3, -0.25) is 4.90 Å². The molecule has 0 atom stereocenters. The van der Waals surface area contributed by atoms with Crippen molar-refractivity contribution in [2.24, 2.45) is 7.05 Å². The number of hydrogen-bond donors (Lipinski definition) is 1. The minimum atomic E-state index is -0.560. The lowest BCUT2D eigenvalue weighted by Crippen LogP contribution is -2.40. The van der Waals surface area contributed by atoms with Crippen molar-refractivity contribution in [2.75, 3.05) is 18.6 Å². The molecule has 0 saturated carbocycles. The van der Waals surface area contributed by atoms with E-state index in [1.165, 1.54) is 4.90 Å².